The maximum Gasteiger partial charge on any atom is 0.252 e. The fourth-order valence-corrected chi connectivity index (χ4v) is 4.55. The minimum absolute atomic E-state index is 0.0222. The fourth-order valence-electron chi connectivity index (χ4n) is 4.55. The van der Waals surface area contributed by atoms with Gasteiger partial charge in [-0.3, -0.25) is 4.79 Å². The van der Waals surface area contributed by atoms with Crippen LogP contribution >= 0.6 is 0 Å². The van der Waals surface area contributed by atoms with Gasteiger partial charge in [0.15, 0.2) is 0 Å². The van der Waals surface area contributed by atoms with Gasteiger partial charge in [-0.25, -0.2) is 0 Å². The molecule has 3 atom stereocenters. The Balaban J connectivity index is 1.72. The summed E-state index contributed by atoms with van der Waals surface area (Å²) >= 11 is 0. The van der Waals surface area contributed by atoms with Gasteiger partial charge in [0, 0.05) is 6.54 Å². The van der Waals surface area contributed by atoms with Crippen molar-refractivity contribution in [3.8, 4) is 0 Å². The van der Waals surface area contributed by atoms with Crippen molar-refractivity contribution >= 4 is 5.91 Å². The highest BCUT2D eigenvalue weighted by molar-refractivity contribution is 5.85. The summed E-state index contributed by atoms with van der Waals surface area (Å²) in [6, 6.07) is 10.2. The molecule has 1 amide bonds. The molecule has 1 aliphatic carbocycles. The summed E-state index contributed by atoms with van der Waals surface area (Å²) in [4.78, 5) is 13.0. The maximum absolute atomic E-state index is 13.0. The van der Waals surface area contributed by atoms with Crippen LogP contribution in [-0.4, -0.2) is 36.4 Å². The molecule has 2 unspecified atom stereocenters. The molecule has 1 aliphatic heterocycles. The lowest BCUT2D eigenvalue weighted by atomic mass is 9.66. The van der Waals surface area contributed by atoms with Gasteiger partial charge in [-0.2, -0.15) is 0 Å². The summed E-state index contributed by atoms with van der Waals surface area (Å²) in [6.07, 6.45) is 2.55. The fraction of sp³-hybridized carbons (Fsp3) is 0.667. The van der Waals surface area contributed by atoms with Crippen molar-refractivity contribution in [2.45, 2.75) is 51.0 Å². The first-order chi connectivity index (χ1) is 11.9. The average molecular weight is 345 g/mol. The highest BCUT2D eigenvalue weighted by atomic mass is 16.5. The molecule has 4 nitrogen and oxygen atoms in total. The molecule has 1 saturated heterocycles. The molecule has 0 radical (unpaired) electrons. The number of hydrogen-bond donors (Lipinski definition) is 2. The summed E-state index contributed by atoms with van der Waals surface area (Å²) in [5.74, 6) is 0.480. The molecular formula is C21H31NO3. The van der Waals surface area contributed by atoms with E-state index in [0.29, 0.717) is 38.0 Å². The second kappa shape index (κ2) is 7.08. The number of carbonyl (C=O) groups excluding carboxylic acids is 1. The first-order valence-corrected chi connectivity index (χ1v) is 9.51. The molecule has 1 aromatic carbocycles. The van der Waals surface area contributed by atoms with Crippen molar-refractivity contribution < 1.29 is 14.6 Å². The molecular weight excluding hydrogens is 314 g/mol. The van der Waals surface area contributed by atoms with E-state index in [4.69, 9.17) is 4.74 Å². The first-order valence-electron chi connectivity index (χ1n) is 9.51. The minimum atomic E-state index is -1.26. The van der Waals surface area contributed by atoms with Crippen molar-refractivity contribution in [3.63, 3.8) is 0 Å². The lowest BCUT2D eigenvalue weighted by Gasteiger charge is -2.45. The Morgan fingerprint density at radius 2 is 1.96 bits per heavy atom. The predicted octanol–water partition coefficient (Wildman–Crippen LogP) is 2.89. The van der Waals surface area contributed by atoms with E-state index in [1.54, 1.807) is 0 Å². The topological polar surface area (TPSA) is 58.6 Å². The van der Waals surface area contributed by atoms with Crippen LogP contribution in [0.15, 0.2) is 30.3 Å². The van der Waals surface area contributed by atoms with Crippen molar-refractivity contribution in [2.24, 2.45) is 17.8 Å². The molecule has 1 heterocycles. The Hall–Kier alpha value is -1.39. The Kier molecular flexibility index (Phi) is 5.21. The lowest BCUT2D eigenvalue weighted by Crippen LogP contribution is -2.60. The van der Waals surface area contributed by atoms with Crippen LogP contribution in [0.1, 0.15) is 45.6 Å². The van der Waals surface area contributed by atoms with Crippen molar-refractivity contribution in [3.05, 3.63) is 35.9 Å². The van der Waals surface area contributed by atoms with Crippen LogP contribution in [0.25, 0.3) is 0 Å². The number of aliphatic hydroxyl groups is 1. The zero-order valence-electron chi connectivity index (χ0n) is 15.6. The largest absolute Gasteiger partial charge is 0.380 e. The molecule has 2 fully saturated rings. The number of benzene rings is 1. The van der Waals surface area contributed by atoms with Crippen LogP contribution < -0.4 is 5.32 Å². The number of rotatable bonds is 5. The molecule has 1 saturated carbocycles. The summed E-state index contributed by atoms with van der Waals surface area (Å²) in [7, 11) is 0. The average Bonchev–Trinajstić information content (AvgIpc) is 2.54. The van der Waals surface area contributed by atoms with Gasteiger partial charge in [0.1, 0.15) is 5.60 Å². The SMILES string of the molecule is CC1CCC(C(C)C)[C@@](O)(C(=O)NCC2(c3ccccc3)COC2)C1. The molecule has 1 aromatic rings. The Bertz CT molecular complexity index is 596. The van der Waals surface area contributed by atoms with E-state index >= 15 is 0 Å². The molecule has 4 heteroatoms. The van der Waals surface area contributed by atoms with Crippen molar-refractivity contribution in [2.75, 3.05) is 19.8 Å². The van der Waals surface area contributed by atoms with Crippen LogP contribution in [0.3, 0.4) is 0 Å². The van der Waals surface area contributed by atoms with E-state index in [9.17, 15) is 9.90 Å². The molecule has 0 spiro atoms. The van der Waals surface area contributed by atoms with Gasteiger partial charge in [0.2, 0.25) is 0 Å². The third-order valence-electron chi connectivity index (χ3n) is 6.17. The van der Waals surface area contributed by atoms with Gasteiger partial charge in [0.05, 0.1) is 18.6 Å². The van der Waals surface area contributed by atoms with E-state index in [-0.39, 0.29) is 17.2 Å². The Labute approximate surface area is 151 Å². The van der Waals surface area contributed by atoms with Crippen LogP contribution in [-0.2, 0) is 14.9 Å². The smallest absolute Gasteiger partial charge is 0.252 e. The Morgan fingerprint density at radius 3 is 2.52 bits per heavy atom. The monoisotopic (exact) mass is 345 g/mol. The maximum atomic E-state index is 13.0. The van der Waals surface area contributed by atoms with E-state index in [2.05, 4.69) is 38.2 Å². The van der Waals surface area contributed by atoms with E-state index in [1.807, 2.05) is 18.2 Å². The third kappa shape index (κ3) is 3.47. The summed E-state index contributed by atoms with van der Waals surface area (Å²) in [5, 5.41) is 14.3. The van der Waals surface area contributed by atoms with Crippen LogP contribution in [0.4, 0.5) is 0 Å². The van der Waals surface area contributed by atoms with Gasteiger partial charge in [-0.05, 0) is 36.2 Å². The molecule has 2 aliphatic rings. The third-order valence-corrected chi connectivity index (χ3v) is 6.17. The summed E-state index contributed by atoms with van der Waals surface area (Å²) in [5.41, 5.74) is -0.235. The zero-order chi connectivity index (χ0) is 18.1. The minimum Gasteiger partial charge on any atom is -0.380 e. The van der Waals surface area contributed by atoms with Crippen LogP contribution in [0.5, 0.6) is 0 Å². The molecule has 0 aromatic heterocycles. The second-order valence-electron chi connectivity index (χ2n) is 8.48. The van der Waals surface area contributed by atoms with Gasteiger partial charge in [-0.1, -0.05) is 57.5 Å². The highest BCUT2D eigenvalue weighted by Crippen LogP contribution is 2.41. The van der Waals surface area contributed by atoms with Gasteiger partial charge < -0.3 is 15.2 Å². The van der Waals surface area contributed by atoms with E-state index in [1.165, 1.54) is 5.56 Å². The molecule has 3 rings (SSSR count). The molecule has 2 N–H and O–H groups in total. The van der Waals surface area contributed by atoms with Gasteiger partial charge in [0.25, 0.3) is 5.91 Å². The number of amides is 1. The lowest BCUT2D eigenvalue weighted by molar-refractivity contribution is -0.157. The number of hydrogen-bond acceptors (Lipinski definition) is 3. The summed E-state index contributed by atoms with van der Waals surface area (Å²) in [6.45, 7) is 8.06. The molecule has 0 bridgehead atoms. The first kappa shape index (κ1) is 18.4. The summed E-state index contributed by atoms with van der Waals surface area (Å²) < 4.78 is 5.46. The van der Waals surface area contributed by atoms with Crippen molar-refractivity contribution in [1.29, 1.82) is 0 Å². The molecule has 138 valence electrons. The van der Waals surface area contributed by atoms with Gasteiger partial charge in [-0.15, -0.1) is 0 Å². The predicted molar refractivity (Wildman–Crippen MR) is 98.2 cm³/mol. The number of carbonyl (C=O) groups is 1. The van der Waals surface area contributed by atoms with E-state index < -0.39 is 5.60 Å². The number of ether oxygens (including phenoxy) is 1. The van der Waals surface area contributed by atoms with Crippen molar-refractivity contribution in [1.82, 2.24) is 5.32 Å². The van der Waals surface area contributed by atoms with Gasteiger partial charge >= 0.3 is 0 Å². The molecule has 25 heavy (non-hydrogen) atoms. The number of nitrogens with one attached hydrogen (secondary N) is 1. The van der Waals surface area contributed by atoms with Crippen LogP contribution in [0, 0.1) is 17.8 Å². The normalized spacial score (nSPS) is 31.4. The standard InChI is InChI=1S/C21H31NO3/c1-15(2)18-10-9-16(3)11-21(18,24)19(23)22-12-20(13-25-14-20)17-7-5-4-6-8-17/h4-8,15-16,18,24H,9-14H2,1-3H3,(H,22,23)/t16?,18?,21-/m1/s1. The quantitative estimate of drug-likeness (QED) is 0.863. The highest BCUT2D eigenvalue weighted by Gasteiger charge is 2.49. The second-order valence-corrected chi connectivity index (χ2v) is 8.48. The van der Waals surface area contributed by atoms with Crippen LogP contribution in [0.2, 0.25) is 0 Å². The Morgan fingerprint density at radius 1 is 1.28 bits per heavy atom. The van der Waals surface area contributed by atoms with E-state index in [0.717, 1.165) is 12.8 Å². The zero-order valence-corrected chi connectivity index (χ0v) is 15.6.